The number of rotatable bonds is 2. The molecule has 2 heterocycles. The number of amides is 1. The molecule has 116 valence electrons. The molecule has 1 aromatic heterocycles. The van der Waals surface area contributed by atoms with Gasteiger partial charge in [-0.25, -0.2) is 4.79 Å². The highest BCUT2D eigenvalue weighted by Gasteiger charge is 2.30. The number of hydrogen-bond acceptors (Lipinski definition) is 5. The third-order valence-electron chi connectivity index (χ3n) is 3.67. The number of H-pyrrole nitrogens is 1. The number of carbonyl (C=O) groups is 1. The van der Waals surface area contributed by atoms with Crippen LogP contribution in [0.15, 0.2) is 0 Å². The molecule has 2 fully saturated rings. The largest absolute Gasteiger partial charge is 0.444 e. The minimum atomic E-state index is -0.447. The number of piperazine rings is 1. The van der Waals surface area contributed by atoms with Crippen LogP contribution in [0.1, 0.15) is 45.4 Å². The van der Waals surface area contributed by atoms with Gasteiger partial charge >= 0.3 is 6.09 Å². The summed E-state index contributed by atoms with van der Waals surface area (Å²) in [4.78, 5) is 20.4. The number of ether oxygens (including phenoxy) is 1. The summed E-state index contributed by atoms with van der Waals surface area (Å²) >= 11 is 0. The topological polar surface area (TPSA) is 74.3 Å². The summed E-state index contributed by atoms with van der Waals surface area (Å²) in [5.74, 6) is 2.33. The lowest BCUT2D eigenvalue weighted by Crippen LogP contribution is -2.50. The summed E-state index contributed by atoms with van der Waals surface area (Å²) in [6, 6.07) is 0. The van der Waals surface area contributed by atoms with Crippen LogP contribution in [0.2, 0.25) is 0 Å². The van der Waals surface area contributed by atoms with Gasteiger partial charge in [0.1, 0.15) is 11.4 Å². The molecule has 1 aromatic rings. The van der Waals surface area contributed by atoms with Crippen molar-refractivity contribution >= 4 is 12.0 Å². The molecular formula is C14H23N5O2. The average Bonchev–Trinajstić information content (AvgIpc) is 3.15. The second-order valence-corrected chi connectivity index (χ2v) is 6.75. The van der Waals surface area contributed by atoms with Crippen LogP contribution in [0.3, 0.4) is 0 Å². The van der Waals surface area contributed by atoms with Crippen LogP contribution < -0.4 is 4.90 Å². The summed E-state index contributed by atoms with van der Waals surface area (Å²) in [5.41, 5.74) is -0.447. The summed E-state index contributed by atoms with van der Waals surface area (Å²) < 4.78 is 5.39. The van der Waals surface area contributed by atoms with Crippen LogP contribution in [-0.4, -0.2) is 58.0 Å². The maximum Gasteiger partial charge on any atom is 0.410 e. The number of nitrogens with one attached hydrogen (secondary N) is 1. The Balaban J connectivity index is 1.53. The molecular weight excluding hydrogens is 270 g/mol. The van der Waals surface area contributed by atoms with E-state index < -0.39 is 5.60 Å². The van der Waals surface area contributed by atoms with Gasteiger partial charge in [0, 0.05) is 32.1 Å². The minimum absolute atomic E-state index is 0.240. The Morgan fingerprint density at radius 1 is 1.24 bits per heavy atom. The highest BCUT2D eigenvalue weighted by molar-refractivity contribution is 5.68. The maximum atomic E-state index is 12.0. The highest BCUT2D eigenvalue weighted by Crippen LogP contribution is 2.38. The monoisotopic (exact) mass is 293 g/mol. The first-order chi connectivity index (χ1) is 9.92. The van der Waals surface area contributed by atoms with Crippen molar-refractivity contribution in [1.82, 2.24) is 20.1 Å². The first-order valence-electron chi connectivity index (χ1n) is 7.57. The third-order valence-corrected chi connectivity index (χ3v) is 3.67. The van der Waals surface area contributed by atoms with Gasteiger partial charge < -0.3 is 14.5 Å². The lowest BCUT2D eigenvalue weighted by atomic mass is 10.2. The molecule has 0 aromatic carbocycles. The van der Waals surface area contributed by atoms with E-state index in [4.69, 9.17) is 4.74 Å². The van der Waals surface area contributed by atoms with Crippen LogP contribution in [0, 0.1) is 0 Å². The summed E-state index contributed by atoms with van der Waals surface area (Å²) in [6.45, 7) is 8.41. The van der Waals surface area contributed by atoms with Crippen molar-refractivity contribution in [2.75, 3.05) is 31.1 Å². The zero-order valence-corrected chi connectivity index (χ0v) is 12.9. The Bertz CT molecular complexity index is 510. The van der Waals surface area contributed by atoms with E-state index in [1.54, 1.807) is 4.90 Å². The molecule has 1 aliphatic heterocycles. The lowest BCUT2D eigenvalue weighted by molar-refractivity contribution is 0.0240. The van der Waals surface area contributed by atoms with Gasteiger partial charge in [-0.05, 0) is 33.6 Å². The van der Waals surface area contributed by atoms with E-state index in [9.17, 15) is 4.79 Å². The second kappa shape index (κ2) is 5.20. The van der Waals surface area contributed by atoms with Gasteiger partial charge in [0.15, 0.2) is 0 Å². The van der Waals surface area contributed by atoms with Crippen molar-refractivity contribution in [2.24, 2.45) is 0 Å². The Labute approximate surface area is 124 Å². The first kappa shape index (κ1) is 14.2. The summed E-state index contributed by atoms with van der Waals surface area (Å²) in [5, 5.41) is 7.31. The molecule has 7 nitrogen and oxygen atoms in total. The number of aromatic amines is 1. The quantitative estimate of drug-likeness (QED) is 0.899. The lowest BCUT2D eigenvalue weighted by Gasteiger charge is -2.35. The van der Waals surface area contributed by atoms with Gasteiger partial charge in [0.05, 0.1) is 0 Å². The molecule has 1 saturated heterocycles. The van der Waals surface area contributed by atoms with Crippen molar-refractivity contribution in [3.8, 4) is 0 Å². The predicted molar refractivity (Wildman–Crippen MR) is 78.4 cm³/mol. The summed E-state index contributed by atoms with van der Waals surface area (Å²) in [6.07, 6.45) is 2.18. The molecule has 0 bridgehead atoms. The van der Waals surface area contributed by atoms with Gasteiger partial charge in [-0.3, -0.25) is 5.10 Å². The standard InChI is InChI=1S/C14H23N5O2/c1-14(2,3)21-13(20)19-8-6-18(7-9-19)12-15-11(16-17-12)10-4-5-10/h10H,4-9H2,1-3H3,(H,15,16,17). The van der Waals surface area contributed by atoms with Gasteiger partial charge in [-0.15, -0.1) is 5.10 Å². The smallest absolute Gasteiger partial charge is 0.410 e. The molecule has 0 radical (unpaired) electrons. The Kier molecular flexibility index (Phi) is 3.51. The number of carbonyl (C=O) groups excluding carboxylic acids is 1. The number of nitrogens with zero attached hydrogens (tertiary/aromatic N) is 4. The average molecular weight is 293 g/mol. The highest BCUT2D eigenvalue weighted by atomic mass is 16.6. The van der Waals surface area contributed by atoms with E-state index >= 15 is 0 Å². The first-order valence-corrected chi connectivity index (χ1v) is 7.57. The van der Waals surface area contributed by atoms with Crippen LogP contribution in [0.25, 0.3) is 0 Å². The maximum absolute atomic E-state index is 12.0. The molecule has 1 N–H and O–H groups in total. The molecule has 1 amide bonds. The molecule has 0 unspecified atom stereocenters. The molecule has 1 aliphatic carbocycles. The van der Waals surface area contributed by atoms with E-state index in [2.05, 4.69) is 20.1 Å². The van der Waals surface area contributed by atoms with Crippen molar-refractivity contribution in [2.45, 2.75) is 45.1 Å². The number of aromatic nitrogens is 3. The van der Waals surface area contributed by atoms with Gasteiger partial charge in [-0.2, -0.15) is 4.98 Å². The fourth-order valence-corrected chi connectivity index (χ4v) is 2.36. The van der Waals surface area contributed by atoms with Gasteiger partial charge in [-0.1, -0.05) is 0 Å². The molecule has 0 atom stereocenters. The van der Waals surface area contributed by atoms with E-state index in [1.165, 1.54) is 12.8 Å². The molecule has 21 heavy (non-hydrogen) atoms. The Morgan fingerprint density at radius 2 is 1.90 bits per heavy atom. The van der Waals surface area contributed by atoms with Crippen LogP contribution in [0.4, 0.5) is 10.7 Å². The molecule has 2 aliphatic rings. The predicted octanol–water partition coefficient (Wildman–Crippen LogP) is 1.74. The molecule has 7 heteroatoms. The molecule has 0 spiro atoms. The number of anilines is 1. The minimum Gasteiger partial charge on any atom is -0.444 e. The van der Waals surface area contributed by atoms with E-state index in [-0.39, 0.29) is 6.09 Å². The van der Waals surface area contributed by atoms with Crippen molar-refractivity contribution in [3.63, 3.8) is 0 Å². The van der Waals surface area contributed by atoms with Crippen LogP contribution in [-0.2, 0) is 4.74 Å². The fourth-order valence-electron chi connectivity index (χ4n) is 2.36. The van der Waals surface area contributed by atoms with E-state index in [1.807, 2.05) is 20.8 Å². The van der Waals surface area contributed by atoms with Crippen LogP contribution >= 0.6 is 0 Å². The van der Waals surface area contributed by atoms with E-state index in [0.717, 1.165) is 24.9 Å². The molecule has 1 saturated carbocycles. The second-order valence-electron chi connectivity index (χ2n) is 6.75. The van der Waals surface area contributed by atoms with E-state index in [0.29, 0.717) is 19.0 Å². The summed E-state index contributed by atoms with van der Waals surface area (Å²) in [7, 11) is 0. The third kappa shape index (κ3) is 3.46. The zero-order valence-electron chi connectivity index (χ0n) is 12.9. The zero-order chi connectivity index (χ0) is 15.0. The number of hydrogen-bond donors (Lipinski definition) is 1. The van der Waals surface area contributed by atoms with Gasteiger partial charge in [0.2, 0.25) is 5.95 Å². The van der Waals surface area contributed by atoms with Gasteiger partial charge in [0.25, 0.3) is 0 Å². The Morgan fingerprint density at radius 3 is 2.48 bits per heavy atom. The normalized spacial score (nSPS) is 19.8. The SMILES string of the molecule is CC(C)(C)OC(=O)N1CCN(c2n[nH]c(C3CC3)n2)CC1. The Hall–Kier alpha value is -1.79. The van der Waals surface area contributed by atoms with Crippen LogP contribution in [0.5, 0.6) is 0 Å². The fraction of sp³-hybridized carbons (Fsp3) is 0.786. The van der Waals surface area contributed by atoms with Crippen molar-refractivity contribution in [1.29, 1.82) is 0 Å². The van der Waals surface area contributed by atoms with Crippen molar-refractivity contribution < 1.29 is 9.53 Å². The van der Waals surface area contributed by atoms with Crippen molar-refractivity contribution in [3.05, 3.63) is 5.82 Å². The molecule has 3 rings (SSSR count).